The van der Waals surface area contributed by atoms with Crippen LogP contribution in [0.2, 0.25) is 0 Å². The van der Waals surface area contributed by atoms with Crippen LogP contribution >= 0.6 is 0 Å². The van der Waals surface area contributed by atoms with Crippen molar-refractivity contribution >= 4 is 11.0 Å². The maximum atomic E-state index is 9.72. The molecule has 6 heteroatoms. The van der Waals surface area contributed by atoms with Crippen LogP contribution in [0, 0.1) is 0 Å². The molecule has 2 aromatic rings. The maximum absolute atomic E-state index is 9.72. The number of phenolic OH excluding ortho intramolecular Hbond substituents is 1. The first-order chi connectivity index (χ1) is 6.77. The van der Waals surface area contributed by atoms with E-state index < -0.39 is 0 Å². The fourth-order valence-corrected chi connectivity index (χ4v) is 1.28. The summed E-state index contributed by atoms with van der Waals surface area (Å²) in [5.74, 6) is 0.619. The van der Waals surface area contributed by atoms with Crippen molar-refractivity contribution < 1.29 is 14.6 Å². The molecule has 2 N–H and O–H groups in total. The zero-order valence-electron chi connectivity index (χ0n) is 7.74. The standard InChI is InChI=1S/C8H9N3O3/c1-13-5-3-4-6(10-11-9-4)7(12)8(5)14-2/h3,12H,1-2H3,(H,9,10,11). The number of phenols is 1. The van der Waals surface area contributed by atoms with E-state index in [1.165, 1.54) is 14.2 Å². The number of rotatable bonds is 2. The molecule has 0 amide bonds. The number of aromatic nitrogens is 3. The highest BCUT2D eigenvalue weighted by molar-refractivity contribution is 5.86. The van der Waals surface area contributed by atoms with E-state index in [0.717, 1.165) is 0 Å². The highest BCUT2D eigenvalue weighted by atomic mass is 16.5. The van der Waals surface area contributed by atoms with Crippen molar-refractivity contribution in [1.29, 1.82) is 0 Å². The fourth-order valence-electron chi connectivity index (χ4n) is 1.28. The van der Waals surface area contributed by atoms with Crippen molar-refractivity contribution in [3.8, 4) is 17.2 Å². The van der Waals surface area contributed by atoms with Gasteiger partial charge in [0.05, 0.1) is 19.7 Å². The first kappa shape index (κ1) is 8.61. The third kappa shape index (κ3) is 1.04. The summed E-state index contributed by atoms with van der Waals surface area (Å²) >= 11 is 0. The van der Waals surface area contributed by atoms with Gasteiger partial charge in [-0.05, 0) is 0 Å². The molecule has 0 radical (unpaired) electrons. The Bertz CT molecular complexity index is 466. The molecule has 14 heavy (non-hydrogen) atoms. The average molecular weight is 195 g/mol. The lowest BCUT2D eigenvalue weighted by molar-refractivity contribution is 0.335. The van der Waals surface area contributed by atoms with Crippen LogP contribution in [-0.4, -0.2) is 34.7 Å². The summed E-state index contributed by atoms with van der Waals surface area (Å²) in [4.78, 5) is 0. The normalized spacial score (nSPS) is 10.4. The summed E-state index contributed by atoms with van der Waals surface area (Å²) in [5.41, 5.74) is 0.961. The molecule has 6 nitrogen and oxygen atoms in total. The Morgan fingerprint density at radius 1 is 1.36 bits per heavy atom. The third-order valence-corrected chi connectivity index (χ3v) is 1.94. The van der Waals surface area contributed by atoms with E-state index in [1.807, 2.05) is 0 Å². The number of ether oxygens (including phenoxy) is 2. The molecule has 0 unspecified atom stereocenters. The van der Waals surface area contributed by atoms with E-state index in [1.54, 1.807) is 6.07 Å². The molecule has 0 bridgehead atoms. The molecule has 0 spiro atoms. The fraction of sp³-hybridized carbons (Fsp3) is 0.250. The van der Waals surface area contributed by atoms with Crippen LogP contribution in [-0.2, 0) is 0 Å². The van der Waals surface area contributed by atoms with Gasteiger partial charge in [-0.2, -0.15) is 0 Å². The topological polar surface area (TPSA) is 80.3 Å². The number of fused-ring (bicyclic) bond motifs is 1. The number of H-pyrrole nitrogens is 1. The van der Waals surface area contributed by atoms with Gasteiger partial charge in [-0.15, -0.1) is 5.10 Å². The van der Waals surface area contributed by atoms with Gasteiger partial charge in [0.15, 0.2) is 17.0 Å². The van der Waals surface area contributed by atoms with Crippen LogP contribution < -0.4 is 9.47 Å². The van der Waals surface area contributed by atoms with Gasteiger partial charge in [0.25, 0.3) is 0 Å². The van der Waals surface area contributed by atoms with E-state index in [0.29, 0.717) is 16.8 Å². The van der Waals surface area contributed by atoms with Gasteiger partial charge < -0.3 is 14.6 Å². The SMILES string of the molecule is COc1cc2[nH]nnc2c(O)c1OC. The molecule has 1 aromatic carbocycles. The van der Waals surface area contributed by atoms with E-state index in [9.17, 15) is 5.11 Å². The lowest BCUT2D eigenvalue weighted by Crippen LogP contribution is -1.91. The molecule has 0 aliphatic carbocycles. The number of methoxy groups -OCH3 is 2. The van der Waals surface area contributed by atoms with Crippen LogP contribution in [0.3, 0.4) is 0 Å². The van der Waals surface area contributed by atoms with Crippen molar-refractivity contribution in [2.75, 3.05) is 14.2 Å². The lowest BCUT2D eigenvalue weighted by Gasteiger charge is -2.08. The minimum atomic E-state index is -0.0735. The summed E-state index contributed by atoms with van der Waals surface area (Å²) in [7, 11) is 2.94. The molecule has 0 fully saturated rings. The molecular weight excluding hydrogens is 186 g/mol. The molecule has 0 saturated heterocycles. The Kier molecular flexibility index (Phi) is 1.88. The summed E-state index contributed by atoms with van der Waals surface area (Å²) in [6.07, 6.45) is 0. The van der Waals surface area contributed by atoms with Crippen LogP contribution in [0.1, 0.15) is 0 Å². The number of nitrogens with zero attached hydrogens (tertiary/aromatic N) is 2. The van der Waals surface area contributed by atoms with Crippen molar-refractivity contribution in [2.24, 2.45) is 0 Å². The molecule has 0 saturated carbocycles. The second kappa shape index (κ2) is 3.06. The second-order valence-corrected chi connectivity index (χ2v) is 2.67. The molecule has 1 heterocycles. The van der Waals surface area contributed by atoms with Gasteiger partial charge in [0.2, 0.25) is 5.75 Å². The molecule has 0 aliphatic rings. The third-order valence-electron chi connectivity index (χ3n) is 1.94. The van der Waals surface area contributed by atoms with E-state index >= 15 is 0 Å². The molecule has 0 aliphatic heterocycles. The Morgan fingerprint density at radius 2 is 2.14 bits per heavy atom. The predicted molar refractivity (Wildman–Crippen MR) is 48.7 cm³/mol. The highest BCUT2D eigenvalue weighted by Crippen LogP contribution is 2.40. The zero-order chi connectivity index (χ0) is 10.1. The van der Waals surface area contributed by atoms with Crippen LogP contribution in [0.5, 0.6) is 17.2 Å². The summed E-state index contributed by atoms with van der Waals surface area (Å²) in [6, 6.07) is 1.66. The molecule has 74 valence electrons. The van der Waals surface area contributed by atoms with Crippen LogP contribution in [0.4, 0.5) is 0 Å². The number of hydrogen-bond acceptors (Lipinski definition) is 5. The van der Waals surface area contributed by atoms with Gasteiger partial charge in [0, 0.05) is 6.07 Å². The molecule has 1 aromatic heterocycles. The van der Waals surface area contributed by atoms with Crippen LogP contribution in [0.15, 0.2) is 6.07 Å². The highest BCUT2D eigenvalue weighted by Gasteiger charge is 2.16. The maximum Gasteiger partial charge on any atom is 0.205 e. The van der Waals surface area contributed by atoms with Crippen molar-refractivity contribution in [1.82, 2.24) is 15.4 Å². The Balaban J connectivity index is 2.79. The van der Waals surface area contributed by atoms with Crippen molar-refractivity contribution in [3.63, 3.8) is 0 Å². The van der Waals surface area contributed by atoms with Crippen molar-refractivity contribution in [3.05, 3.63) is 6.07 Å². The number of benzene rings is 1. The average Bonchev–Trinajstić information content (AvgIpc) is 2.65. The lowest BCUT2D eigenvalue weighted by atomic mass is 10.2. The van der Waals surface area contributed by atoms with E-state index in [4.69, 9.17) is 9.47 Å². The smallest absolute Gasteiger partial charge is 0.205 e. The number of aromatic amines is 1. The Labute approximate surface area is 79.4 Å². The Hall–Kier alpha value is -1.98. The number of hydrogen-bond donors (Lipinski definition) is 2. The van der Waals surface area contributed by atoms with Gasteiger partial charge in [-0.1, -0.05) is 5.21 Å². The first-order valence-corrected chi connectivity index (χ1v) is 3.92. The quantitative estimate of drug-likeness (QED) is 0.736. The van der Waals surface area contributed by atoms with Crippen LogP contribution in [0.25, 0.3) is 11.0 Å². The predicted octanol–water partition coefficient (Wildman–Crippen LogP) is 0.681. The number of nitrogens with one attached hydrogen (secondary N) is 1. The zero-order valence-corrected chi connectivity index (χ0v) is 7.74. The van der Waals surface area contributed by atoms with Gasteiger partial charge >= 0.3 is 0 Å². The minimum absolute atomic E-state index is 0.0735. The molecular formula is C8H9N3O3. The first-order valence-electron chi connectivity index (χ1n) is 3.92. The summed E-state index contributed by atoms with van der Waals surface area (Å²) < 4.78 is 10.0. The summed E-state index contributed by atoms with van der Waals surface area (Å²) in [6.45, 7) is 0. The van der Waals surface area contributed by atoms with E-state index in [2.05, 4.69) is 15.4 Å². The van der Waals surface area contributed by atoms with E-state index in [-0.39, 0.29) is 11.5 Å². The van der Waals surface area contributed by atoms with Gasteiger partial charge in [0.1, 0.15) is 0 Å². The van der Waals surface area contributed by atoms with Gasteiger partial charge in [-0.25, -0.2) is 0 Å². The van der Waals surface area contributed by atoms with Crippen molar-refractivity contribution in [2.45, 2.75) is 0 Å². The minimum Gasteiger partial charge on any atom is -0.503 e. The monoisotopic (exact) mass is 195 g/mol. The number of aromatic hydroxyl groups is 1. The molecule has 0 atom stereocenters. The Morgan fingerprint density at radius 3 is 2.79 bits per heavy atom. The summed E-state index contributed by atoms with van der Waals surface area (Å²) in [5, 5.41) is 19.6. The second-order valence-electron chi connectivity index (χ2n) is 2.67. The molecule has 2 rings (SSSR count). The van der Waals surface area contributed by atoms with Gasteiger partial charge in [-0.3, -0.25) is 5.10 Å². The largest absolute Gasteiger partial charge is 0.503 e.